The average Bonchev–Trinajstić information content (AvgIpc) is 3.24. The smallest absolute Gasteiger partial charge is 0.255 e. The van der Waals surface area contributed by atoms with Crippen LogP contribution in [0.3, 0.4) is 0 Å². The third-order valence-electron chi connectivity index (χ3n) is 7.22. The van der Waals surface area contributed by atoms with E-state index in [1.54, 1.807) is 21.9 Å². The topological polar surface area (TPSA) is 85.0 Å². The monoisotopic (exact) mass is 547 g/mol. The van der Waals surface area contributed by atoms with E-state index >= 15 is 0 Å². The largest absolute Gasteiger partial charge is 0.368 e. The van der Waals surface area contributed by atoms with E-state index in [0.29, 0.717) is 62.5 Å². The van der Waals surface area contributed by atoms with Gasteiger partial charge in [-0.25, -0.2) is 8.78 Å². The van der Waals surface area contributed by atoms with Gasteiger partial charge in [0.05, 0.1) is 11.4 Å². The first-order valence-electron chi connectivity index (χ1n) is 13.4. The van der Waals surface area contributed by atoms with Gasteiger partial charge in [-0.1, -0.05) is 0 Å². The molecule has 0 atom stereocenters. The summed E-state index contributed by atoms with van der Waals surface area (Å²) in [4.78, 5) is 44.9. The molecule has 2 fully saturated rings. The number of halogens is 2. The SMILES string of the molecule is O=C(Nc1cc(C(=O)N2CCNCC2)ccc1N1CCCN(C(=O)c2ccc(F)cc2)CC1)c1ccc(F)cc1. The van der Waals surface area contributed by atoms with Gasteiger partial charge in [0.25, 0.3) is 17.7 Å². The molecular weight excluding hydrogens is 516 g/mol. The number of rotatable bonds is 5. The fraction of sp³-hybridized carbons (Fsp3) is 0.300. The molecule has 8 nitrogen and oxygen atoms in total. The summed E-state index contributed by atoms with van der Waals surface area (Å²) in [7, 11) is 0. The second kappa shape index (κ2) is 12.3. The molecule has 0 radical (unpaired) electrons. The molecular formula is C30H31F2N5O3. The van der Waals surface area contributed by atoms with Crippen LogP contribution >= 0.6 is 0 Å². The van der Waals surface area contributed by atoms with Crippen molar-refractivity contribution < 1.29 is 23.2 Å². The first-order valence-corrected chi connectivity index (χ1v) is 13.4. The van der Waals surface area contributed by atoms with Crippen LogP contribution in [0.5, 0.6) is 0 Å². The van der Waals surface area contributed by atoms with E-state index < -0.39 is 17.5 Å². The Kier molecular flexibility index (Phi) is 8.35. The van der Waals surface area contributed by atoms with Gasteiger partial charge in [0, 0.05) is 69.0 Å². The molecule has 5 rings (SSSR count). The van der Waals surface area contributed by atoms with E-state index in [2.05, 4.69) is 15.5 Å². The van der Waals surface area contributed by atoms with E-state index in [1.807, 2.05) is 6.07 Å². The maximum Gasteiger partial charge on any atom is 0.255 e. The van der Waals surface area contributed by atoms with Crippen molar-refractivity contribution in [2.75, 3.05) is 62.6 Å². The lowest BCUT2D eigenvalue weighted by atomic mass is 10.1. The molecule has 2 aliphatic heterocycles. The first kappa shape index (κ1) is 27.3. The molecule has 3 aromatic carbocycles. The van der Waals surface area contributed by atoms with Gasteiger partial charge in [-0.05, 0) is 73.2 Å². The summed E-state index contributed by atoms with van der Waals surface area (Å²) in [6, 6.07) is 16.1. The molecule has 0 spiro atoms. The second-order valence-corrected chi connectivity index (χ2v) is 9.87. The summed E-state index contributed by atoms with van der Waals surface area (Å²) in [5.74, 6) is -1.53. The molecule has 2 aliphatic rings. The highest BCUT2D eigenvalue weighted by Gasteiger charge is 2.24. The van der Waals surface area contributed by atoms with Crippen LogP contribution in [0.15, 0.2) is 66.7 Å². The van der Waals surface area contributed by atoms with Gasteiger partial charge < -0.3 is 25.3 Å². The Morgan fingerprint density at radius 3 is 1.90 bits per heavy atom. The minimum atomic E-state index is -0.440. The summed E-state index contributed by atoms with van der Waals surface area (Å²) in [6.45, 7) is 4.73. The quantitative estimate of drug-likeness (QED) is 0.510. The van der Waals surface area contributed by atoms with E-state index in [-0.39, 0.29) is 17.4 Å². The number of anilines is 2. The lowest BCUT2D eigenvalue weighted by Gasteiger charge is -2.29. The molecule has 0 unspecified atom stereocenters. The molecule has 0 aromatic heterocycles. The number of benzene rings is 3. The van der Waals surface area contributed by atoms with Gasteiger partial charge in [0.15, 0.2) is 0 Å². The number of hydrogen-bond acceptors (Lipinski definition) is 5. The molecule has 40 heavy (non-hydrogen) atoms. The minimum Gasteiger partial charge on any atom is -0.368 e. The number of amides is 3. The maximum absolute atomic E-state index is 13.4. The molecule has 3 aromatic rings. The lowest BCUT2D eigenvalue weighted by Crippen LogP contribution is -2.46. The molecule has 2 saturated heterocycles. The van der Waals surface area contributed by atoms with Gasteiger partial charge in [0.1, 0.15) is 11.6 Å². The number of piperazine rings is 1. The number of carbonyl (C=O) groups excluding carboxylic acids is 3. The van der Waals surface area contributed by atoms with E-state index in [9.17, 15) is 23.2 Å². The number of hydrogen-bond donors (Lipinski definition) is 2. The van der Waals surface area contributed by atoms with Crippen molar-refractivity contribution in [1.82, 2.24) is 15.1 Å². The second-order valence-electron chi connectivity index (χ2n) is 9.87. The van der Waals surface area contributed by atoms with Crippen LogP contribution in [0, 0.1) is 11.6 Å². The van der Waals surface area contributed by atoms with E-state index in [4.69, 9.17) is 0 Å². The third kappa shape index (κ3) is 6.28. The maximum atomic E-state index is 13.4. The van der Waals surface area contributed by atoms with E-state index in [0.717, 1.165) is 18.8 Å². The highest BCUT2D eigenvalue weighted by atomic mass is 19.1. The Hall–Kier alpha value is -4.31. The van der Waals surface area contributed by atoms with Crippen molar-refractivity contribution in [2.45, 2.75) is 6.42 Å². The van der Waals surface area contributed by atoms with Gasteiger partial charge in [0.2, 0.25) is 0 Å². The normalized spacial score (nSPS) is 15.9. The molecule has 2 heterocycles. The zero-order chi connectivity index (χ0) is 28.1. The first-order chi connectivity index (χ1) is 19.4. The van der Waals surface area contributed by atoms with Crippen molar-refractivity contribution in [3.63, 3.8) is 0 Å². The van der Waals surface area contributed by atoms with Crippen LogP contribution in [0.1, 0.15) is 37.5 Å². The molecule has 2 N–H and O–H groups in total. The minimum absolute atomic E-state index is 0.114. The molecule has 10 heteroatoms. The van der Waals surface area contributed by atoms with Crippen LogP contribution in [-0.4, -0.2) is 79.9 Å². The number of nitrogens with one attached hydrogen (secondary N) is 2. The van der Waals surface area contributed by atoms with Crippen molar-refractivity contribution >= 4 is 29.1 Å². The number of carbonyl (C=O) groups is 3. The summed E-state index contributed by atoms with van der Waals surface area (Å²) >= 11 is 0. The van der Waals surface area contributed by atoms with E-state index in [1.165, 1.54) is 48.5 Å². The van der Waals surface area contributed by atoms with Crippen molar-refractivity contribution in [3.8, 4) is 0 Å². The van der Waals surface area contributed by atoms with Crippen LogP contribution in [0.4, 0.5) is 20.2 Å². The standard InChI is InChI=1S/C30H31F2N5O3/c31-24-7-2-21(3-8-24)28(38)34-26-20-23(30(40)37-16-12-33-13-17-37)6-11-27(26)35-14-1-15-36(19-18-35)29(39)22-4-9-25(32)10-5-22/h2-11,20,33H,1,12-19H2,(H,34,38). The molecule has 208 valence electrons. The Morgan fingerprint density at radius 1 is 0.650 bits per heavy atom. The highest BCUT2D eigenvalue weighted by molar-refractivity contribution is 6.07. The van der Waals surface area contributed by atoms with Gasteiger partial charge in [-0.3, -0.25) is 14.4 Å². The van der Waals surface area contributed by atoms with Crippen LogP contribution < -0.4 is 15.5 Å². The predicted octanol–water partition coefficient (Wildman–Crippen LogP) is 3.62. The Morgan fingerprint density at radius 2 is 1.23 bits per heavy atom. The van der Waals surface area contributed by atoms with Crippen LogP contribution in [0.2, 0.25) is 0 Å². The predicted molar refractivity (Wildman–Crippen MR) is 149 cm³/mol. The summed E-state index contributed by atoms with van der Waals surface area (Å²) in [5.41, 5.74) is 2.37. The Balaban J connectivity index is 1.38. The molecule has 0 bridgehead atoms. The van der Waals surface area contributed by atoms with Gasteiger partial charge >= 0.3 is 0 Å². The van der Waals surface area contributed by atoms with Crippen LogP contribution in [-0.2, 0) is 0 Å². The highest BCUT2D eigenvalue weighted by Crippen LogP contribution is 2.30. The Labute approximate surface area is 231 Å². The molecule has 0 aliphatic carbocycles. The average molecular weight is 548 g/mol. The fourth-order valence-corrected chi connectivity index (χ4v) is 5.03. The fourth-order valence-electron chi connectivity index (χ4n) is 5.03. The van der Waals surface area contributed by atoms with Crippen molar-refractivity contribution in [3.05, 3.63) is 95.1 Å². The number of nitrogens with zero attached hydrogens (tertiary/aromatic N) is 3. The van der Waals surface area contributed by atoms with Crippen molar-refractivity contribution in [1.29, 1.82) is 0 Å². The van der Waals surface area contributed by atoms with Crippen molar-refractivity contribution in [2.24, 2.45) is 0 Å². The van der Waals surface area contributed by atoms with Crippen LogP contribution in [0.25, 0.3) is 0 Å². The molecule has 0 saturated carbocycles. The lowest BCUT2D eigenvalue weighted by molar-refractivity contribution is 0.0734. The van der Waals surface area contributed by atoms with Gasteiger partial charge in [-0.2, -0.15) is 0 Å². The van der Waals surface area contributed by atoms with Gasteiger partial charge in [-0.15, -0.1) is 0 Å². The summed E-state index contributed by atoms with van der Waals surface area (Å²) in [6.07, 6.45) is 0.680. The summed E-state index contributed by atoms with van der Waals surface area (Å²) in [5, 5.41) is 6.16. The summed E-state index contributed by atoms with van der Waals surface area (Å²) < 4.78 is 26.8. The Bertz CT molecular complexity index is 1380. The zero-order valence-electron chi connectivity index (χ0n) is 22.0. The molecule has 3 amide bonds. The third-order valence-corrected chi connectivity index (χ3v) is 7.22. The zero-order valence-corrected chi connectivity index (χ0v) is 22.0.